The van der Waals surface area contributed by atoms with Crippen molar-refractivity contribution in [2.24, 2.45) is 4.99 Å². The van der Waals surface area contributed by atoms with Crippen molar-refractivity contribution < 1.29 is 5.11 Å². The van der Waals surface area contributed by atoms with Gasteiger partial charge in [-0.05, 0) is 25.8 Å². The van der Waals surface area contributed by atoms with E-state index >= 15 is 0 Å². The summed E-state index contributed by atoms with van der Waals surface area (Å²) in [5.74, 6) is 2.07. The first-order valence-corrected chi connectivity index (χ1v) is 9.58. The second-order valence-electron chi connectivity index (χ2n) is 5.97. The summed E-state index contributed by atoms with van der Waals surface area (Å²) < 4.78 is 0. The molecule has 0 radical (unpaired) electrons. The fourth-order valence-electron chi connectivity index (χ4n) is 2.74. The first-order chi connectivity index (χ1) is 11.1. The van der Waals surface area contributed by atoms with Crippen molar-refractivity contribution in [1.29, 1.82) is 0 Å². The molecule has 1 fully saturated rings. The monoisotopic (exact) mass is 463 g/mol. The molecule has 0 aromatic heterocycles. The molecule has 2 unspecified atom stereocenters. The van der Waals surface area contributed by atoms with Gasteiger partial charge in [-0.25, -0.2) is 0 Å². The summed E-state index contributed by atoms with van der Waals surface area (Å²) in [5.41, 5.74) is 2.10. The summed E-state index contributed by atoms with van der Waals surface area (Å²) in [6.07, 6.45) is 0.636. The van der Waals surface area contributed by atoms with E-state index in [1.807, 2.05) is 31.2 Å². The minimum Gasteiger partial charge on any atom is -0.386 e. The number of guanidine groups is 1. The number of rotatable bonds is 5. The Morgan fingerprint density at radius 2 is 2.25 bits per heavy atom. The first kappa shape index (κ1) is 21.6. The SMILES string of the molecule is CCNC(=NCC(O)c1cccc(C)c1)N1CCSC(CC)C1.I. The van der Waals surface area contributed by atoms with Crippen LogP contribution in [0.5, 0.6) is 0 Å². The van der Waals surface area contributed by atoms with Gasteiger partial charge in [0.1, 0.15) is 0 Å². The van der Waals surface area contributed by atoms with Crippen LogP contribution in [0, 0.1) is 6.92 Å². The minimum atomic E-state index is -0.551. The molecule has 2 rings (SSSR count). The number of halogens is 1. The van der Waals surface area contributed by atoms with Crippen molar-refractivity contribution in [1.82, 2.24) is 10.2 Å². The van der Waals surface area contributed by atoms with Crippen LogP contribution < -0.4 is 5.32 Å². The Labute approximate surface area is 167 Å². The Hall–Kier alpha value is -0.470. The van der Waals surface area contributed by atoms with E-state index in [4.69, 9.17) is 0 Å². The quantitative estimate of drug-likeness (QED) is 0.399. The lowest BCUT2D eigenvalue weighted by Gasteiger charge is -2.34. The minimum absolute atomic E-state index is 0. The number of aliphatic hydroxyl groups excluding tert-OH is 1. The molecule has 24 heavy (non-hydrogen) atoms. The lowest BCUT2D eigenvalue weighted by molar-refractivity contribution is 0.186. The molecule has 1 saturated heterocycles. The van der Waals surface area contributed by atoms with Crippen LogP contribution in [0.1, 0.15) is 37.5 Å². The van der Waals surface area contributed by atoms with Gasteiger partial charge in [0.15, 0.2) is 5.96 Å². The van der Waals surface area contributed by atoms with Gasteiger partial charge >= 0.3 is 0 Å². The number of nitrogens with zero attached hydrogens (tertiary/aromatic N) is 2. The molecule has 0 saturated carbocycles. The number of aliphatic hydroxyl groups is 1. The predicted molar refractivity (Wildman–Crippen MR) is 116 cm³/mol. The largest absolute Gasteiger partial charge is 0.386 e. The smallest absolute Gasteiger partial charge is 0.194 e. The second-order valence-corrected chi connectivity index (χ2v) is 7.38. The zero-order valence-electron chi connectivity index (χ0n) is 14.9. The van der Waals surface area contributed by atoms with Gasteiger partial charge in [-0.1, -0.05) is 36.8 Å². The van der Waals surface area contributed by atoms with Gasteiger partial charge in [0, 0.05) is 30.6 Å². The highest BCUT2D eigenvalue weighted by atomic mass is 127. The highest BCUT2D eigenvalue weighted by Crippen LogP contribution is 2.21. The molecule has 1 heterocycles. The van der Waals surface area contributed by atoms with Crippen LogP contribution in [0.15, 0.2) is 29.3 Å². The molecule has 2 N–H and O–H groups in total. The van der Waals surface area contributed by atoms with Crippen molar-refractivity contribution in [2.45, 2.75) is 38.5 Å². The summed E-state index contributed by atoms with van der Waals surface area (Å²) in [7, 11) is 0. The van der Waals surface area contributed by atoms with Crippen molar-refractivity contribution in [3.63, 3.8) is 0 Å². The molecule has 1 aliphatic rings. The van der Waals surface area contributed by atoms with Gasteiger partial charge < -0.3 is 15.3 Å². The Morgan fingerprint density at radius 3 is 2.92 bits per heavy atom. The third kappa shape index (κ3) is 6.44. The van der Waals surface area contributed by atoms with E-state index in [9.17, 15) is 5.11 Å². The fraction of sp³-hybridized carbons (Fsp3) is 0.611. The zero-order valence-corrected chi connectivity index (χ0v) is 18.0. The Balaban J connectivity index is 0.00000288. The molecule has 0 spiro atoms. The van der Waals surface area contributed by atoms with E-state index in [1.165, 1.54) is 6.42 Å². The molecular weight excluding hydrogens is 433 g/mol. The number of hydrogen-bond acceptors (Lipinski definition) is 3. The van der Waals surface area contributed by atoms with E-state index < -0.39 is 6.10 Å². The van der Waals surface area contributed by atoms with Crippen LogP contribution in [0.25, 0.3) is 0 Å². The van der Waals surface area contributed by atoms with E-state index in [0.717, 1.165) is 42.5 Å². The Morgan fingerprint density at radius 1 is 1.46 bits per heavy atom. The van der Waals surface area contributed by atoms with Crippen LogP contribution >= 0.6 is 35.7 Å². The van der Waals surface area contributed by atoms with Gasteiger partial charge in [-0.2, -0.15) is 11.8 Å². The summed E-state index contributed by atoms with van der Waals surface area (Å²) >= 11 is 2.05. The zero-order chi connectivity index (χ0) is 16.7. The van der Waals surface area contributed by atoms with Crippen molar-refractivity contribution in [2.75, 3.05) is 31.9 Å². The highest BCUT2D eigenvalue weighted by Gasteiger charge is 2.21. The van der Waals surface area contributed by atoms with Gasteiger partial charge in [0.25, 0.3) is 0 Å². The molecule has 136 valence electrons. The average molecular weight is 463 g/mol. The summed E-state index contributed by atoms with van der Waals surface area (Å²) in [6, 6.07) is 8.01. The molecule has 4 nitrogen and oxygen atoms in total. The van der Waals surface area contributed by atoms with Gasteiger partial charge in [-0.15, -0.1) is 24.0 Å². The van der Waals surface area contributed by atoms with Crippen LogP contribution in [0.2, 0.25) is 0 Å². The Bertz CT molecular complexity index is 527. The maximum Gasteiger partial charge on any atom is 0.194 e. The number of thioether (sulfide) groups is 1. The molecular formula is C18H30IN3OS. The fourth-order valence-corrected chi connectivity index (χ4v) is 3.92. The van der Waals surface area contributed by atoms with Crippen molar-refractivity contribution >= 4 is 41.7 Å². The predicted octanol–water partition coefficient (Wildman–Crippen LogP) is 3.44. The summed E-state index contributed by atoms with van der Waals surface area (Å²) in [5, 5.41) is 14.4. The van der Waals surface area contributed by atoms with Crippen LogP contribution in [0.4, 0.5) is 0 Å². The molecule has 1 aromatic carbocycles. The second kappa shape index (κ2) is 11.2. The lowest BCUT2D eigenvalue weighted by Crippen LogP contribution is -2.48. The Kier molecular flexibility index (Phi) is 10.1. The van der Waals surface area contributed by atoms with E-state index in [2.05, 4.69) is 40.8 Å². The average Bonchev–Trinajstić information content (AvgIpc) is 2.58. The molecule has 0 aliphatic carbocycles. The molecule has 0 bridgehead atoms. The van der Waals surface area contributed by atoms with Gasteiger partial charge in [-0.3, -0.25) is 4.99 Å². The number of hydrogen-bond donors (Lipinski definition) is 2. The summed E-state index contributed by atoms with van der Waals surface area (Å²) in [4.78, 5) is 7.01. The number of benzene rings is 1. The summed E-state index contributed by atoms with van der Waals surface area (Å²) in [6.45, 7) is 9.67. The standard InChI is InChI=1S/C18H29N3OS.HI/c1-4-16-13-21(9-10-23-16)18(19-5-2)20-12-17(22)15-8-6-7-14(3)11-15;/h6-8,11,16-17,22H,4-5,9-10,12-13H2,1-3H3,(H,19,20);1H. The maximum atomic E-state index is 10.4. The number of aryl methyl sites for hydroxylation is 1. The van der Waals surface area contributed by atoms with Crippen LogP contribution in [0.3, 0.4) is 0 Å². The van der Waals surface area contributed by atoms with Crippen molar-refractivity contribution in [3.8, 4) is 0 Å². The third-order valence-corrected chi connectivity index (χ3v) is 5.44. The molecule has 6 heteroatoms. The lowest BCUT2D eigenvalue weighted by atomic mass is 10.1. The molecule has 1 aliphatic heterocycles. The topological polar surface area (TPSA) is 47.9 Å². The third-order valence-electron chi connectivity index (χ3n) is 4.07. The van der Waals surface area contributed by atoms with Crippen LogP contribution in [-0.2, 0) is 0 Å². The van der Waals surface area contributed by atoms with Gasteiger partial charge in [0.2, 0.25) is 0 Å². The molecule has 1 aromatic rings. The van der Waals surface area contributed by atoms with Gasteiger partial charge in [0.05, 0.1) is 12.6 Å². The van der Waals surface area contributed by atoms with E-state index in [1.54, 1.807) is 0 Å². The molecule has 0 amide bonds. The van der Waals surface area contributed by atoms with Crippen molar-refractivity contribution in [3.05, 3.63) is 35.4 Å². The number of nitrogens with one attached hydrogen (secondary N) is 1. The number of aliphatic imine (C=N–C) groups is 1. The van der Waals surface area contributed by atoms with E-state index in [0.29, 0.717) is 11.8 Å². The van der Waals surface area contributed by atoms with Crippen LogP contribution in [-0.4, -0.2) is 53.1 Å². The molecule has 2 atom stereocenters. The highest BCUT2D eigenvalue weighted by molar-refractivity contribution is 14.0. The van der Waals surface area contributed by atoms with E-state index in [-0.39, 0.29) is 24.0 Å². The normalized spacial score (nSPS) is 19.6. The maximum absolute atomic E-state index is 10.4. The first-order valence-electron chi connectivity index (χ1n) is 8.53.